The molecule has 2 aromatic carbocycles. The van der Waals surface area contributed by atoms with Gasteiger partial charge >= 0.3 is 0 Å². The molecular formula is C22H21FN4O. The van der Waals surface area contributed by atoms with Crippen LogP contribution in [0.4, 0.5) is 15.9 Å². The number of carbonyl (C=O) groups excluding carboxylic acids is 1. The highest BCUT2D eigenvalue weighted by molar-refractivity contribution is 5.92. The Hall–Kier alpha value is -3.28. The third-order valence-corrected chi connectivity index (χ3v) is 4.97. The molecule has 0 fully saturated rings. The molecule has 1 aliphatic heterocycles. The molecule has 1 aromatic heterocycles. The Bertz CT molecular complexity index is 990. The highest BCUT2D eigenvalue weighted by Gasteiger charge is 2.28. The largest absolute Gasteiger partial charge is 0.350 e. The van der Waals surface area contributed by atoms with E-state index in [1.165, 1.54) is 11.6 Å². The molecule has 142 valence electrons. The molecular weight excluding hydrogens is 355 g/mol. The fraction of sp³-hybridized carbons (Fsp3) is 0.227. The van der Waals surface area contributed by atoms with Crippen molar-refractivity contribution in [3.05, 3.63) is 83.3 Å². The lowest BCUT2D eigenvalue weighted by atomic mass is 10.1. The first-order valence-electron chi connectivity index (χ1n) is 9.36. The van der Waals surface area contributed by atoms with E-state index in [9.17, 15) is 9.18 Å². The van der Waals surface area contributed by atoms with Gasteiger partial charge in [-0.1, -0.05) is 36.4 Å². The van der Waals surface area contributed by atoms with Gasteiger partial charge in [0.2, 0.25) is 0 Å². The van der Waals surface area contributed by atoms with E-state index in [1.54, 1.807) is 24.3 Å². The summed E-state index contributed by atoms with van der Waals surface area (Å²) in [6, 6.07) is 18.6. The second-order valence-corrected chi connectivity index (χ2v) is 6.93. The Morgan fingerprint density at radius 2 is 1.89 bits per heavy atom. The predicted molar refractivity (Wildman–Crippen MR) is 106 cm³/mol. The molecule has 1 unspecified atom stereocenters. The van der Waals surface area contributed by atoms with Crippen molar-refractivity contribution >= 4 is 17.4 Å². The van der Waals surface area contributed by atoms with Crippen molar-refractivity contribution in [1.29, 1.82) is 0 Å². The monoisotopic (exact) mass is 376 g/mol. The number of benzene rings is 2. The summed E-state index contributed by atoms with van der Waals surface area (Å²) in [6.07, 6.45) is 1.38. The van der Waals surface area contributed by atoms with Crippen molar-refractivity contribution in [1.82, 2.24) is 15.5 Å². The van der Waals surface area contributed by atoms with Crippen LogP contribution in [0.15, 0.2) is 60.7 Å². The van der Waals surface area contributed by atoms with Crippen LogP contribution in [-0.4, -0.2) is 28.7 Å². The Balaban J connectivity index is 1.41. The predicted octanol–water partition coefficient (Wildman–Crippen LogP) is 3.67. The van der Waals surface area contributed by atoms with E-state index in [0.717, 1.165) is 17.9 Å². The summed E-state index contributed by atoms with van der Waals surface area (Å²) < 4.78 is 13.6. The molecule has 3 aromatic rings. The summed E-state index contributed by atoms with van der Waals surface area (Å²) in [5, 5.41) is 11.1. The summed E-state index contributed by atoms with van der Waals surface area (Å²) in [5.74, 6) is 0.145. The van der Waals surface area contributed by atoms with Gasteiger partial charge in [-0.05, 0) is 55.2 Å². The Labute approximate surface area is 163 Å². The molecule has 0 radical (unpaired) electrons. The topological polar surface area (TPSA) is 58.1 Å². The average molecular weight is 376 g/mol. The highest BCUT2D eigenvalue weighted by atomic mass is 19.1. The number of nitrogens with one attached hydrogen (secondary N) is 1. The number of para-hydroxylation sites is 1. The zero-order chi connectivity index (χ0) is 19.5. The minimum Gasteiger partial charge on any atom is -0.350 e. The van der Waals surface area contributed by atoms with E-state index in [0.29, 0.717) is 18.5 Å². The maximum absolute atomic E-state index is 13.6. The molecule has 1 atom stereocenters. The van der Waals surface area contributed by atoms with Gasteiger partial charge in [0.15, 0.2) is 11.5 Å². The van der Waals surface area contributed by atoms with Crippen LogP contribution < -0.4 is 10.2 Å². The van der Waals surface area contributed by atoms with E-state index < -0.39 is 0 Å². The van der Waals surface area contributed by atoms with Crippen molar-refractivity contribution in [2.75, 3.05) is 11.4 Å². The van der Waals surface area contributed by atoms with Crippen LogP contribution >= 0.6 is 0 Å². The molecule has 0 saturated carbocycles. The molecule has 0 aliphatic carbocycles. The maximum atomic E-state index is 13.6. The minimum absolute atomic E-state index is 0.248. The maximum Gasteiger partial charge on any atom is 0.271 e. The van der Waals surface area contributed by atoms with E-state index in [2.05, 4.69) is 39.5 Å². The fourth-order valence-electron chi connectivity index (χ4n) is 3.59. The smallest absolute Gasteiger partial charge is 0.271 e. The first kappa shape index (κ1) is 18.1. The van der Waals surface area contributed by atoms with Crippen LogP contribution in [0, 0.1) is 5.82 Å². The molecule has 1 amide bonds. The van der Waals surface area contributed by atoms with E-state index >= 15 is 0 Å². The molecule has 1 N–H and O–H groups in total. The number of carbonyl (C=O) groups is 1. The zero-order valence-electron chi connectivity index (χ0n) is 15.6. The lowest BCUT2D eigenvalue weighted by Gasteiger charge is -2.23. The van der Waals surface area contributed by atoms with Crippen LogP contribution in [0.5, 0.6) is 0 Å². The molecule has 28 heavy (non-hydrogen) atoms. The van der Waals surface area contributed by atoms with Gasteiger partial charge in [0.1, 0.15) is 5.82 Å². The summed E-state index contributed by atoms with van der Waals surface area (Å²) in [4.78, 5) is 14.4. The van der Waals surface area contributed by atoms with Gasteiger partial charge < -0.3 is 10.2 Å². The molecule has 0 saturated heterocycles. The molecule has 2 heterocycles. The van der Waals surface area contributed by atoms with Crippen LogP contribution in [0.25, 0.3) is 0 Å². The lowest BCUT2D eigenvalue weighted by molar-refractivity contribution is 0.0948. The number of halogens is 1. The number of hydrogen-bond acceptors (Lipinski definition) is 4. The quantitative estimate of drug-likeness (QED) is 0.738. The summed E-state index contributed by atoms with van der Waals surface area (Å²) in [7, 11) is 0. The second kappa shape index (κ2) is 7.76. The first-order chi connectivity index (χ1) is 13.6. The summed E-state index contributed by atoms with van der Waals surface area (Å²) >= 11 is 0. The molecule has 4 rings (SSSR count). The van der Waals surface area contributed by atoms with Crippen LogP contribution in [0.3, 0.4) is 0 Å². The van der Waals surface area contributed by atoms with Gasteiger partial charge in [0, 0.05) is 18.3 Å². The SMILES string of the molecule is CC1Cc2ccccc2N1c1ccc(C(=O)NCCc2ccccc2F)nn1. The minimum atomic E-state index is -0.315. The van der Waals surface area contributed by atoms with E-state index in [-0.39, 0.29) is 23.5 Å². The van der Waals surface area contributed by atoms with Crippen molar-refractivity contribution in [3.63, 3.8) is 0 Å². The lowest BCUT2D eigenvalue weighted by Crippen LogP contribution is -2.28. The fourth-order valence-corrected chi connectivity index (χ4v) is 3.59. The number of aromatic nitrogens is 2. The summed E-state index contributed by atoms with van der Waals surface area (Å²) in [5.41, 5.74) is 3.24. The highest BCUT2D eigenvalue weighted by Crippen LogP contribution is 2.36. The molecule has 6 heteroatoms. The first-order valence-corrected chi connectivity index (χ1v) is 9.36. The van der Waals surface area contributed by atoms with Gasteiger partial charge in [0.25, 0.3) is 5.91 Å². The van der Waals surface area contributed by atoms with Crippen LogP contribution in [-0.2, 0) is 12.8 Å². The number of hydrogen-bond donors (Lipinski definition) is 1. The van der Waals surface area contributed by atoms with Crippen molar-refractivity contribution in [3.8, 4) is 0 Å². The third-order valence-electron chi connectivity index (χ3n) is 4.97. The van der Waals surface area contributed by atoms with Crippen LogP contribution in [0.2, 0.25) is 0 Å². The third kappa shape index (κ3) is 3.58. The molecule has 0 spiro atoms. The van der Waals surface area contributed by atoms with Gasteiger partial charge in [-0.25, -0.2) is 4.39 Å². The van der Waals surface area contributed by atoms with Gasteiger partial charge in [-0.3, -0.25) is 4.79 Å². The average Bonchev–Trinajstić information content (AvgIpc) is 3.05. The van der Waals surface area contributed by atoms with E-state index in [1.807, 2.05) is 18.2 Å². The van der Waals surface area contributed by atoms with Crippen molar-refractivity contribution in [2.45, 2.75) is 25.8 Å². The number of anilines is 2. The number of rotatable bonds is 5. The van der Waals surface area contributed by atoms with Gasteiger partial charge in [-0.2, -0.15) is 0 Å². The Kier molecular flexibility index (Phi) is 5.02. The molecule has 1 aliphatic rings. The molecule has 5 nitrogen and oxygen atoms in total. The standard InChI is InChI=1S/C22H21FN4O/c1-15-14-17-7-3-5-9-20(17)27(15)21-11-10-19(25-26-21)22(28)24-13-12-16-6-2-4-8-18(16)23/h2-11,15H,12-14H2,1H3,(H,24,28). The zero-order valence-corrected chi connectivity index (χ0v) is 15.6. The second-order valence-electron chi connectivity index (χ2n) is 6.93. The molecule has 0 bridgehead atoms. The van der Waals surface area contributed by atoms with Crippen LogP contribution in [0.1, 0.15) is 28.5 Å². The summed E-state index contributed by atoms with van der Waals surface area (Å²) in [6.45, 7) is 2.48. The van der Waals surface area contributed by atoms with E-state index in [4.69, 9.17) is 0 Å². The Morgan fingerprint density at radius 3 is 2.68 bits per heavy atom. The number of fused-ring (bicyclic) bond motifs is 1. The van der Waals surface area contributed by atoms with Gasteiger partial charge in [-0.15, -0.1) is 10.2 Å². The number of nitrogens with zero attached hydrogens (tertiary/aromatic N) is 3. The normalized spacial score (nSPS) is 15.4. The van der Waals surface area contributed by atoms with Gasteiger partial charge in [0.05, 0.1) is 0 Å². The Morgan fingerprint density at radius 1 is 1.11 bits per heavy atom. The number of amides is 1. The van der Waals surface area contributed by atoms with Crippen molar-refractivity contribution in [2.24, 2.45) is 0 Å². The van der Waals surface area contributed by atoms with Crippen molar-refractivity contribution < 1.29 is 9.18 Å².